The lowest BCUT2D eigenvalue weighted by Crippen LogP contribution is -2.39. The fourth-order valence-electron chi connectivity index (χ4n) is 4.53. The molecule has 2 heterocycles. The maximum absolute atomic E-state index is 12.7. The van der Waals surface area contributed by atoms with Crippen molar-refractivity contribution in [2.75, 3.05) is 56.7 Å². The van der Waals surface area contributed by atoms with Gasteiger partial charge in [0.15, 0.2) is 0 Å². The van der Waals surface area contributed by atoms with E-state index < -0.39 is 0 Å². The molecule has 0 aliphatic carbocycles. The topological polar surface area (TPSA) is 61.9 Å². The van der Waals surface area contributed by atoms with Gasteiger partial charge in [0.1, 0.15) is 5.75 Å². The number of hydrogen-bond donors (Lipinski definition) is 1. The fourth-order valence-corrected chi connectivity index (χ4v) is 5.43. The SMILES string of the molecule is COc1ccc(CC2CCN(CC(=O)Nc3cccc(C(=O)N4CCSCC4)c3)CC2)cc1. The standard InChI is InChI=1S/C26H33N3O3S/c1-32-24-7-5-20(6-8-24)17-21-9-11-28(12-10-21)19-25(30)27-23-4-2-3-22(18-23)26(31)29-13-15-33-16-14-29/h2-8,18,21H,9-17,19H2,1H3,(H,27,30). The minimum Gasteiger partial charge on any atom is -0.497 e. The number of thioether (sulfide) groups is 1. The Kier molecular flexibility index (Phi) is 8.29. The molecular formula is C26H33N3O3S. The van der Waals surface area contributed by atoms with Crippen LogP contribution in [0.2, 0.25) is 0 Å². The van der Waals surface area contributed by atoms with E-state index in [1.165, 1.54) is 5.56 Å². The number of anilines is 1. The van der Waals surface area contributed by atoms with Gasteiger partial charge in [-0.3, -0.25) is 14.5 Å². The van der Waals surface area contributed by atoms with Crippen molar-refractivity contribution >= 4 is 29.3 Å². The predicted octanol–water partition coefficient (Wildman–Crippen LogP) is 3.78. The number of amides is 2. The Labute approximate surface area is 200 Å². The highest BCUT2D eigenvalue weighted by Crippen LogP contribution is 2.23. The van der Waals surface area contributed by atoms with E-state index in [1.54, 1.807) is 13.2 Å². The highest BCUT2D eigenvalue weighted by atomic mass is 32.2. The normalized spacial score (nSPS) is 17.5. The summed E-state index contributed by atoms with van der Waals surface area (Å²) in [6, 6.07) is 15.6. The Hall–Kier alpha value is -2.51. The Morgan fingerprint density at radius 1 is 1.03 bits per heavy atom. The molecule has 0 aromatic heterocycles. The van der Waals surface area contributed by atoms with E-state index in [2.05, 4.69) is 22.3 Å². The largest absolute Gasteiger partial charge is 0.497 e. The van der Waals surface area contributed by atoms with Gasteiger partial charge in [-0.25, -0.2) is 0 Å². The summed E-state index contributed by atoms with van der Waals surface area (Å²) in [5.74, 6) is 3.53. The van der Waals surface area contributed by atoms with Crippen LogP contribution in [0.25, 0.3) is 0 Å². The first kappa shape index (κ1) is 23.6. The number of ether oxygens (including phenoxy) is 1. The summed E-state index contributed by atoms with van der Waals surface area (Å²) < 4.78 is 5.23. The quantitative estimate of drug-likeness (QED) is 0.672. The van der Waals surface area contributed by atoms with Crippen LogP contribution in [0.1, 0.15) is 28.8 Å². The number of nitrogens with zero attached hydrogens (tertiary/aromatic N) is 2. The highest BCUT2D eigenvalue weighted by Gasteiger charge is 2.22. The third kappa shape index (κ3) is 6.74. The number of hydrogen-bond acceptors (Lipinski definition) is 5. The number of piperidine rings is 1. The Morgan fingerprint density at radius 2 is 1.76 bits per heavy atom. The molecule has 176 valence electrons. The first-order chi connectivity index (χ1) is 16.1. The molecule has 0 bridgehead atoms. The van der Waals surface area contributed by atoms with Crippen molar-refractivity contribution in [2.45, 2.75) is 19.3 Å². The predicted molar refractivity (Wildman–Crippen MR) is 134 cm³/mol. The van der Waals surface area contributed by atoms with Crippen LogP contribution in [0.15, 0.2) is 48.5 Å². The molecule has 0 saturated carbocycles. The van der Waals surface area contributed by atoms with Crippen molar-refractivity contribution in [3.8, 4) is 5.75 Å². The van der Waals surface area contributed by atoms with E-state index in [0.29, 0.717) is 23.7 Å². The van der Waals surface area contributed by atoms with Gasteiger partial charge in [0, 0.05) is 35.8 Å². The average Bonchev–Trinajstić information content (AvgIpc) is 2.86. The number of carbonyl (C=O) groups is 2. The van der Waals surface area contributed by atoms with E-state index in [0.717, 1.165) is 62.7 Å². The number of likely N-dealkylation sites (tertiary alicyclic amines) is 1. The molecule has 2 fully saturated rings. The number of carbonyl (C=O) groups excluding carboxylic acids is 2. The second-order valence-electron chi connectivity index (χ2n) is 8.81. The van der Waals surface area contributed by atoms with E-state index in [4.69, 9.17) is 4.74 Å². The highest BCUT2D eigenvalue weighted by molar-refractivity contribution is 7.99. The lowest BCUT2D eigenvalue weighted by atomic mass is 9.90. The zero-order valence-corrected chi connectivity index (χ0v) is 20.1. The van der Waals surface area contributed by atoms with Crippen molar-refractivity contribution in [1.82, 2.24) is 9.80 Å². The van der Waals surface area contributed by atoms with Crippen molar-refractivity contribution in [1.29, 1.82) is 0 Å². The Bertz CT molecular complexity index is 936. The van der Waals surface area contributed by atoms with Crippen molar-refractivity contribution < 1.29 is 14.3 Å². The van der Waals surface area contributed by atoms with Crippen LogP contribution in [-0.2, 0) is 11.2 Å². The van der Waals surface area contributed by atoms with Crippen molar-refractivity contribution in [2.24, 2.45) is 5.92 Å². The van der Waals surface area contributed by atoms with Gasteiger partial charge in [0.25, 0.3) is 5.91 Å². The van der Waals surface area contributed by atoms with Gasteiger partial charge >= 0.3 is 0 Å². The molecule has 2 amide bonds. The summed E-state index contributed by atoms with van der Waals surface area (Å²) in [4.78, 5) is 29.5. The number of rotatable bonds is 7. The van der Waals surface area contributed by atoms with Gasteiger partial charge in [-0.15, -0.1) is 0 Å². The molecule has 2 aromatic rings. The number of methoxy groups -OCH3 is 1. The molecule has 0 unspecified atom stereocenters. The molecule has 2 aromatic carbocycles. The van der Waals surface area contributed by atoms with Crippen molar-refractivity contribution in [3.63, 3.8) is 0 Å². The van der Waals surface area contributed by atoms with E-state index in [9.17, 15) is 9.59 Å². The Morgan fingerprint density at radius 3 is 2.45 bits per heavy atom. The molecular weight excluding hydrogens is 434 g/mol. The molecule has 7 heteroatoms. The summed E-state index contributed by atoms with van der Waals surface area (Å²) >= 11 is 1.88. The van der Waals surface area contributed by atoms with Crippen LogP contribution in [-0.4, -0.2) is 73.0 Å². The van der Waals surface area contributed by atoms with Gasteiger partial charge in [-0.2, -0.15) is 11.8 Å². The minimum absolute atomic E-state index is 0.0254. The van der Waals surface area contributed by atoms with Crippen LogP contribution < -0.4 is 10.1 Å². The lowest BCUT2D eigenvalue weighted by Gasteiger charge is -2.31. The molecule has 0 atom stereocenters. The van der Waals surface area contributed by atoms with Crippen LogP contribution in [0, 0.1) is 5.92 Å². The third-order valence-electron chi connectivity index (χ3n) is 6.45. The minimum atomic E-state index is -0.0254. The second-order valence-corrected chi connectivity index (χ2v) is 10.0. The van der Waals surface area contributed by atoms with Crippen LogP contribution in [0.4, 0.5) is 5.69 Å². The van der Waals surface area contributed by atoms with Crippen LogP contribution >= 0.6 is 11.8 Å². The smallest absolute Gasteiger partial charge is 0.253 e. The summed E-state index contributed by atoms with van der Waals surface area (Å²) in [5.41, 5.74) is 2.66. The molecule has 0 radical (unpaired) electrons. The van der Waals surface area contributed by atoms with Gasteiger partial charge in [-0.1, -0.05) is 18.2 Å². The van der Waals surface area contributed by atoms with Crippen LogP contribution in [0.3, 0.4) is 0 Å². The second kappa shape index (κ2) is 11.6. The maximum atomic E-state index is 12.7. The number of nitrogens with one attached hydrogen (secondary N) is 1. The summed E-state index contributed by atoms with van der Waals surface area (Å²) in [5, 5.41) is 2.98. The van der Waals surface area contributed by atoms with Gasteiger partial charge in [-0.05, 0) is 74.2 Å². The molecule has 33 heavy (non-hydrogen) atoms. The summed E-state index contributed by atoms with van der Waals surface area (Å²) in [6.45, 7) is 3.82. The molecule has 1 N–H and O–H groups in total. The average molecular weight is 468 g/mol. The van der Waals surface area contributed by atoms with E-state index >= 15 is 0 Å². The maximum Gasteiger partial charge on any atom is 0.253 e. The molecule has 4 rings (SSSR count). The molecule has 2 saturated heterocycles. The van der Waals surface area contributed by atoms with E-state index in [-0.39, 0.29) is 11.8 Å². The monoisotopic (exact) mass is 467 g/mol. The molecule has 2 aliphatic rings. The zero-order valence-electron chi connectivity index (χ0n) is 19.3. The molecule has 2 aliphatic heterocycles. The fraction of sp³-hybridized carbons (Fsp3) is 0.462. The summed E-state index contributed by atoms with van der Waals surface area (Å²) in [6.07, 6.45) is 3.26. The third-order valence-corrected chi connectivity index (χ3v) is 7.39. The van der Waals surface area contributed by atoms with Crippen molar-refractivity contribution in [3.05, 3.63) is 59.7 Å². The van der Waals surface area contributed by atoms with E-state index in [1.807, 2.05) is 47.0 Å². The number of benzene rings is 2. The molecule has 6 nitrogen and oxygen atoms in total. The summed E-state index contributed by atoms with van der Waals surface area (Å²) in [7, 11) is 1.69. The van der Waals surface area contributed by atoms with Gasteiger partial charge < -0.3 is 15.0 Å². The zero-order chi connectivity index (χ0) is 23.0. The van der Waals surface area contributed by atoms with Crippen LogP contribution in [0.5, 0.6) is 5.75 Å². The molecule has 0 spiro atoms. The Balaban J connectivity index is 1.23. The van der Waals surface area contributed by atoms with Gasteiger partial charge in [0.05, 0.1) is 13.7 Å². The first-order valence-electron chi connectivity index (χ1n) is 11.7. The lowest BCUT2D eigenvalue weighted by molar-refractivity contribution is -0.117. The first-order valence-corrected chi connectivity index (χ1v) is 12.9. The van der Waals surface area contributed by atoms with Gasteiger partial charge in [0.2, 0.25) is 5.91 Å².